The molecule has 0 aromatic heterocycles. The monoisotopic (exact) mass is 319 g/mol. The lowest BCUT2D eigenvalue weighted by atomic mass is 10.2. The van der Waals surface area contributed by atoms with Gasteiger partial charge < -0.3 is 9.64 Å². The minimum atomic E-state index is -3.59. The molecule has 1 unspecified atom stereocenters. The molecule has 112 valence electrons. The van der Waals surface area contributed by atoms with Gasteiger partial charge in [0.2, 0.25) is 9.05 Å². The molecule has 0 fully saturated rings. The van der Waals surface area contributed by atoms with Crippen molar-refractivity contribution >= 4 is 25.8 Å². The lowest BCUT2D eigenvalue weighted by Crippen LogP contribution is -2.30. The zero-order chi connectivity index (χ0) is 15.2. The summed E-state index contributed by atoms with van der Waals surface area (Å²) in [6, 6.07) is 9.32. The number of hydrogen-bond acceptors (Lipinski definition) is 4. The van der Waals surface area contributed by atoms with E-state index in [2.05, 4.69) is 0 Å². The number of amides is 1. The van der Waals surface area contributed by atoms with Crippen molar-refractivity contribution in [3.8, 4) is 0 Å². The van der Waals surface area contributed by atoms with Crippen LogP contribution in [0.3, 0.4) is 0 Å². The molecule has 0 heterocycles. The van der Waals surface area contributed by atoms with Crippen LogP contribution in [-0.4, -0.2) is 38.3 Å². The van der Waals surface area contributed by atoms with Crippen molar-refractivity contribution in [1.29, 1.82) is 0 Å². The molecule has 0 radical (unpaired) electrons. The van der Waals surface area contributed by atoms with Crippen molar-refractivity contribution in [3.63, 3.8) is 0 Å². The Balaban J connectivity index is 2.36. The number of nitrogens with zero attached hydrogens (tertiary/aromatic N) is 1. The summed E-state index contributed by atoms with van der Waals surface area (Å²) in [6.45, 7) is 1.96. The van der Waals surface area contributed by atoms with Gasteiger partial charge in [0.15, 0.2) is 0 Å². The van der Waals surface area contributed by atoms with Crippen LogP contribution in [0, 0.1) is 0 Å². The Morgan fingerprint density at radius 1 is 1.35 bits per heavy atom. The summed E-state index contributed by atoms with van der Waals surface area (Å²) in [5.74, 6) is 0. The predicted molar refractivity (Wildman–Crippen MR) is 78.1 cm³/mol. The first kappa shape index (κ1) is 16.8. The van der Waals surface area contributed by atoms with Gasteiger partial charge in [-0.25, -0.2) is 13.2 Å². The number of ether oxygens (including phenoxy) is 1. The number of carbonyl (C=O) groups is 1. The standard InChI is InChI=1S/C13H18ClNO4S/c1-11(20(14,17)18)8-9-15(2)13(16)19-10-12-6-4-3-5-7-12/h3-7,11H,8-10H2,1-2H3. The molecule has 0 saturated heterocycles. The molecule has 1 aromatic rings. The topological polar surface area (TPSA) is 63.7 Å². The van der Waals surface area contributed by atoms with Crippen LogP contribution < -0.4 is 0 Å². The molecule has 1 rings (SSSR count). The van der Waals surface area contributed by atoms with E-state index in [0.29, 0.717) is 0 Å². The van der Waals surface area contributed by atoms with Crippen molar-refractivity contribution in [1.82, 2.24) is 4.90 Å². The summed E-state index contributed by atoms with van der Waals surface area (Å²) in [4.78, 5) is 13.0. The summed E-state index contributed by atoms with van der Waals surface area (Å²) >= 11 is 0. The highest BCUT2D eigenvalue weighted by Gasteiger charge is 2.19. The van der Waals surface area contributed by atoms with Gasteiger partial charge in [-0.15, -0.1) is 0 Å². The molecule has 1 amide bonds. The van der Waals surface area contributed by atoms with Crippen LogP contribution in [0.5, 0.6) is 0 Å². The van der Waals surface area contributed by atoms with E-state index in [4.69, 9.17) is 15.4 Å². The van der Waals surface area contributed by atoms with E-state index < -0.39 is 20.4 Å². The van der Waals surface area contributed by atoms with E-state index in [0.717, 1.165) is 5.56 Å². The molecule has 1 aromatic carbocycles. The average Bonchev–Trinajstić information content (AvgIpc) is 2.41. The van der Waals surface area contributed by atoms with Crippen molar-refractivity contribution in [3.05, 3.63) is 35.9 Å². The summed E-state index contributed by atoms with van der Waals surface area (Å²) in [5, 5.41) is -0.700. The van der Waals surface area contributed by atoms with E-state index in [1.54, 1.807) is 7.05 Å². The highest BCUT2D eigenvalue weighted by Crippen LogP contribution is 2.11. The largest absolute Gasteiger partial charge is 0.445 e. The fourth-order valence-corrected chi connectivity index (χ4v) is 2.09. The SMILES string of the molecule is CC(CCN(C)C(=O)OCc1ccccc1)S(=O)(=O)Cl. The van der Waals surface area contributed by atoms with Crippen LogP contribution in [0.1, 0.15) is 18.9 Å². The molecule has 0 aliphatic rings. The van der Waals surface area contributed by atoms with Gasteiger partial charge in [0.1, 0.15) is 6.61 Å². The Morgan fingerprint density at radius 3 is 2.50 bits per heavy atom. The van der Waals surface area contributed by atoms with E-state index in [-0.39, 0.29) is 19.6 Å². The maximum atomic E-state index is 11.7. The normalized spacial score (nSPS) is 12.8. The molecule has 0 saturated carbocycles. The van der Waals surface area contributed by atoms with Gasteiger partial charge >= 0.3 is 6.09 Å². The molecular weight excluding hydrogens is 302 g/mol. The van der Waals surface area contributed by atoms with Gasteiger partial charge in [-0.2, -0.15) is 0 Å². The molecule has 0 N–H and O–H groups in total. The van der Waals surface area contributed by atoms with Gasteiger partial charge in [-0.05, 0) is 18.9 Å². The average molecular weight is 320 g/mol. The van der Waals surface area contributed by atoms with Gasteiger partial charge in [0, 0.05) is 24.3 Å². The van der Waals surface area contributed by atoms with Crippen LogP contribution >= 0.6 is 10.7 Å². The quantitative estimate of drug-likeness (QED) is 0.756. The third-order valence-corrected chi connectivity index (χ3v) is 4.98. The molecule has 1 atom stereocenters. The van der Waals surface area contributed by atoms with Crippen molar-refractivity contribution < 1.29 is 17.9 Å². The highest BCUT2D eigenvalue weighted by atomic mass is 35.7. The number of rotatable bonds is 6. The molecule has 0 aliphatic heterocycles. The summed E-state index contributed by atoms with van der Waals surface area (Å²) in [7, 11) is 3.20. The summed E-state index contributed by atoms with van der Waals surface area (Å²) in [5.41, 5.74) is 0.894. The van der Waals surface area contributed by atoms with Crippen LogP contribution in [-0.2, 0) is 20.4 Å². The minimum Gasteiger partial charge on any atom is -0.445 e. The second-order valence-corrected chi connectivity index (χ2v) is 7.58. The van der Waals surface area contributed by atoms with E-state index in [1.165, 1.54) is 11.8 Å². The molecule has 20 heavy (non-hydrogen) atoms. The highest BCUT2D eigenvalue weighted by molar-refractivity contribution is 8.14. The Morgan fingerprint density at radius 2 is 1.95 bits per heavy atom. The first-order valence-corrected chi connectivity index (χ1v) is 8.53. The second kappa shape index (κ2) is 7.50. The number of halogens is 1. The number of benzene rings is 1. The first-order valence-electron chi connectivity index (χ1n) is 6.16. The van der Waals surface area contributed by atoms with E-state index in [9.17, 15) is 13.2 Å². The smallest absolute Gasteiger partial charge is 0.409 e. The molecule has 0 aliphatic carbocycles. The van der Waals surface area contributed by atoms with Gasteiger partial charge in [-0.3, -0.25) is 0 Å². The second-order valence-electron chi connectivity index (χ2n) is 4.54. The maximum Gasteiger partial charge on any atom is 0.409 e. The Hall–Kier alpha value is -1.27. The Bertz CT molecular complexity index is 533. The Labute approximate surface area is 123 Å². The third kappa shape index (κ3) is 5.79. The predicted octanol–water partition coefficient (Wildman–Crippen LogP) is 2.60. The van der Waals surface area contributed by atoms with Crippen LogP contribution in [0.2, 0.25) is 0 Å². The molecule has 0 spiro atoms. The summed E-state index contributed by atoms with van der Waals surface area (Å²) in [6.07, 6.45) is -0.226. The van der Waals surface area contributed by atoms with Gasteiger partial charge in [0.25, 0.3) is 0 Å². The summed E-state index contributed by atoms with van der Waals surface area (Å²) < 4.78 is 27.2. The minimum absolute atomic E-state index is 0.188. The molecule has 7 heteroatoms. The number of carbonyl (C=O) groups excluding carboxylic acids is 1. The fraction of sp³-hybridized carbons (Fsp3) is 0.462. The number of hydrogen-bond donors (Lipinski definition) is 0. The fourth-order valence-electron chi connectivity index (χ4n) is 1.44. The van der Waals surface area contributed by atoms with E-state index >= 15 is 0 Å². The lowest BCUT2D eigenvalue weighted by Gasteiger charge is -2.18. The van der Waals surface area contributed by atoms with Crippen molar-refractivity contribution in [2.45, 2.75) is 25.2 Å². The molecule has 0 bridgehead atoms. The molecular formula is C13H18ClNO4S. The lowest BCUT2D eigenvalue weighted by molar-refractivity contribution is 0.104. The van der Waals surface area contributed by atoms with Crippen LogP contribution in [0.25, 0.3) is 0 Å². The first-order chi connectivity index (χ1) is 9.30. The van der Waals surface area contributed by atoms with Crippen LogP contribution in [0.4, 0.5) is 4.79 Å². The van der Waals surface area contributed by atoms with Gasteiger partial charge in [-0.1, -0.05) is 30.3 Å². The maximum absolute atomic E-state index is 11.7. The third-order valence-electron chi connectivity index (χ3n) is 2.87. The molecule has 5 nitrogen and oxygen atoms in total. The van der Waals surface area contributed by atoms with Crippen LogP contribution in [0.15, 0.2) is 30.3 Å². The van der Waals surface area contributed by atoms with E-state index in [1.807, 2.05) is 30.3 Å². The zero-order valence-corrected chi connectivity index (χ0v) is 13.0. The zero-order valence-electron chi connectivity index (χ0n) is 11.5. The van der Waals surface area contributed by atoms with Crippen molar-refractivity contribution in [2.24, 2.45) is 0 Å². The Kier molecular flexibility index (Phi) is 6.29. The van der Waals surface area contributed by atoms with Gasteiger partial charge in [0.05, 0.1) is 5.25 Å². The van der Waals surface area contributed by atoms with Crippen molar-refractivity contribution in [2.75, 3.05) is 13.6 Å².